The molecule has 0 fully saturated rings. The van der Waals surface area contributed by atoms with Crippen LogP contribution in [0.25, 0.3) is 11.0 Å². The molecule has 0 radical (unpaired) electrons. The molecule has 0 saturated heterocycles. The number of nitrogens with one attached hydrogen (secondary N) is 1. The summed E-state index contributed by atoms with van der Waals surface area (Å²) in [6, 6.07) is 13.5. The zero-order valence-electron chi connectivity index (χ0n) is 14.1. The second-order valence-electron chi connectivity index (χ2n) is 6.09. The third kappa shape index (κ3) is 3.16. The molecule has 1 heterocycles. The van der Waals surface area contributed by atoms with E-state index in [1.165, 1.54) is 0 Å². The summed E-state index contributed by atoms with van der Waals surface area (Å²) < 4.78 is 1.76. The number of carbonyl (C=O) groups excluding carboxylic acids is 1. The minimum atomic E-state index is -0.744. The van der Waals surface area contributed by atoms with Gasteiger partial charge < -0.3 is 15.0 Å². The van der Waals surface area contributed by atoms with Gasteiger partial charge in [0.05, 0.1) is 11.0 Å². The number of benzene rings is 2. The van der Waals surface area contributed by atoms with Crippen molar-refractivity contribution in [3.8, 4) is 0 Å². The molecule has 0 aliphatic carbocycles. The molecular weight excluding hydrogens is 302 g/mol. The fourth-order valence-electron chi connectivity index (χ4n) is 2.87. The Morgan fingerprint density at radius 3 is 2.71 bits per heavy atom. The van der Waals surface area contributed by atoms with E-state index in [0.29, 0.717) is 5.82 Å². The van der Waals surface area contributed by atoms with Crippen LogP contribution in [-0.2, 0) is 11.3 Å². The number of rotatable bonds is 4. The molecule has 5 heteroatoms. The second-order valence-corrected chi connectivity index (χ2v) is 6.09. The molecule has 2 N–H and O–H groups in total. The molecular formula is C19H21N3O2. The van der Waals surface area contributed by atoms with Gasteiger partial charge in [0.15, 0.2) is 0 Å². The number of hydrogen-bond acceptors (Lipinski definition) is 3. The van der Waals surface area contributed by atoms with Gasteiger partial charge in [-0.3, -0.25) is 4.79 Å². The van der Waals surface area contributed by atoms with Crippen molar-refractivity contribution in [1.82, 2.24) is 9.55 Å². The fourth-order valence-corrected chi connectivity index (χ4v) is 2.87. The van der Waals surface area contributed by atoms with Gasteiger partial charge in [-0.2, -0.15) is 0 Å². The fraction of sp³-hybridized carbons (Fsp3) is 0.263. The molecule has 2 aromatic carbocycles. The van der Waals surface area contributed by atoms with E-state index >= 15 is 0 Å². The molecule has 3 aromatic rings. The smallest absolute Gasteiger partial charge is 0.244 e. The van der Waals surface area contributed by atoms with Crippen LogP contribution < -0.4 is 5.32 Å². The molecule has 1 unspecified atom stereocenters. The molecule has 0 aliphatic heterocycles. The van der Waals surface area contributed by atoms with E-state index in [2.05, 4.69) is 10.3 Å². The summed E-state index contributed by atoms with van der Waals surface area (Å²) in [4.78, 5) is 16.9. The van der Waals surface area contributed by atoms with Crippen LogP contribution >= 0.6 is 0 Å². The maximum absolute atomic E-state index is 12.5. The van der Waals surface area contributed by atoms with Gasteiger partial charge in [0.2, 0.25) is 5.91 Å². The number of nitrogens with zero attached hydrogens (tertiary/aromatic N) is 2. The number of fused-ring (bicyclic) bond motifs is 1. The van der Waals surface area contributed by atoms with E-state index < -0.39 is 6.10 Å². The largest absolute Gasteiger partial charge is 0.385 e. The Labute approximate surface area is 141 Å². The summed E-state index contributed by atoms with van der Waals surface area (Å²) in [6.45, 7) is 5.75. The van der Waals surface area contributed by atoms with Crippen LogP contribution in [0.5, 0.6) is 0 Å². The van der Waals surface area contributed by atoms with Crippen molar-refractivity contribution >= 4 is 22.6 Å². The summed E-state index contributed by atoms with van der Waals surface area (Å²) in [5, 5.41) is 12.9. The normalized spacial score (nSPS) is 12.3. The van der Waals surface area contributed by atoms with Gasteiger partial charge in [-0.25, -0.2) is 4.98 Å². The van der Waals surface area contributed by atoms with Gasteiger partial charge in [-0.15, -0.1) is 0 Å². The monoisotopic (exact) mass is 323 g/mol. The molecule has 1 atom stereocenters. The molecule has 0 aliphatic rings. The lowest BCUT2D eigenvalue weighted by Crippen LogP contribution is -2.21. The van der Waals surface area contributed by atoms with E-state index in [0.717, 1.165) is 27.8 Å². The minimum absolute atomic E-state index is 0.105. The summed E-state index contributed by atoms with van der Waals surface area (Å²) in [5.41, 5.74) is 4.59. The number of aliphatic hydroxyl groups excluding tert-OH is 1. The molecule has 24 heavy (non-hydrogen) atoms. The molecule has 0 bridgehead atoms. The van der Waals surface area contributed by atoms with Crippen molar-refractivity contribution in [1.29, 1.82) is 0 Å². The molecule has 0 spiro atoms. The molecule has 0 saturated carbocycles. The predicted molar refractivity (Wildman–Crippen MR) is 94.9 cm³/mol. The van der Waals surface area contributed by atoms with E-state index in [1.807, 2.05) is 56.3 Å². The number of aromatic nitrogens is 2. The van der Waals surface area contributed by atoms with Crippen LogP contribution in [0.4, 0.5) is 5.69 Å². The Bertz CT molecular complexity index is 897. The zero-order valence-corrected chi connectivity index (χ0v) is 14.1. The highest BCUT2D eigenvalue weighted by Gasteiger charge is 2.17. The van der Waals surface area contributed by atoms with Gasteiger partial charge in [-0.1, -0.05) is 29.8 Å². The van der Waals surface area contributed by atoms with Crippen LogP contribution in [0.15, 0.2) is 42.5 Å². The van der Waals surface area contributed by atoms with Crippen molar-refractivity contribution in [2.24, 2.45) is 0 Å². The third-order valence-corrected chi connectivity index (χ3v) is 4.02. The Balaban J connectivity index is 1.89. The van der Waals surface area contributed by atoms with Crippen LogP contribution in [-0.4, -0.2) is 20.6 Å². The first-order valence-electron chi connectivity index (χ1n) is 7.96. The van der Waals surface area contributed by atoms with Gasteiger partial charge >= 0.3 is 0 Å². The molecule has 1 amide bonds. The Morgan fingerprint density at radius 2 is 2.00 bits per heavy atom. The van der Waals surface area contributed by atoms with Crippen molar-refractivity contribution in [2.45, 2.75) is 33.4 Å². The summed E-state index contributed by atoms with van der Waals surface area (Å²) >= 11 is 0. The number of para-hydroxylation sites is 2. The van der Waals surface area contributed by atoms with Gasteiger partial charge in [0.1, 0.15) is 18.5 Å². The van der Waals surface area contributed by atoms with Crippen molar-refractivity contribution in [2.75, 3.05) is 5.32 Å². The SMILES string of the molecule is Cc1ccc(NC(=O)Cn2c(C(C)O)nc3ccccc32)c(C)c1. The average molecular weight is 323 g/mol. The van der Waals surface area contributed by atoms with Crippen LogP contribution in [0.1, 0.15) is 30.0 Å². The number of carbonyl (C=O) groups is 1. The zero-order chi connectivity index (χ0) is 17.3. The standard InChI is InChI=1S/C19H21N3O2/c1-12-8-9-15(13(2)10-12)20-18(24)11-22-17-7-5-4-6-16(17)21-19(22)14(3)23/h4-10,14,23H,11H2,1-3H3,(H,20,24). The number of aryl methyl sites for hydroxylation is 2. The maximum Gasteiger partial charge on any atom is 0.244 e. The van der Waals surface area contributed by atoms with Gasteiger partial charge in [-0.05, 0) is 44.5 Å². The third-order valence-electron chi connectivity index (χ3n) is 4.02. The van der Waals surface area contributed by atoms with Crippen LogP contribution in [0.3, 0.4) is 0 Å². The average Bonchev–Trinajstić information content (AvgIpc) is 2.89. The minimum Gasteiger partial charge on any atom is -0.385 e. The highest BCUT2D eigenvalue weighted by atomic mass is 16.3. The number of hydrogen-bond donors (Lipinski definition) is 2. The molecule has 1 aromatic heterocycles. The Morgan fingerprint density at radius 1 is 1.25 bits per heavy atom. The highest BCUT2D eigenvalue weighted by molar-refractivity contribution is 5.92. The quantitative estimate of drug-likeness (QED) is 0.774. The lowest BCUT2D eigenvalue weighted by Gasteiger charge is -2.13. The highest BCUT2D eigenvalue weighted by Crippen LogP contribution is 2.21. The van der Waals surface area contributed by atoms with E-state index in [9.17, 15) is 9.90 Å². The van der Waals surface area contributed by atoms with E-state index in [4.69, 9.17) is 0 Å². The number of imidazole rings is 1. The number of aliphatic hydroxyl groups is 1. The van der Waals surface area contributed by atoms with Gasteiger partial charge in [0.25, 0.3) is 0 Å². The lowest BCUT2D eigenvalue weighted by atomic mass is 10.1. The van der Waals surface area contributed by atoms with Crippen LogP contribution in [0.2, 0.25) is 0 Å². The van der Waals surface area contributed by atoms with Gasteiger partial charge in [0, 0.05) is 5.69 Å². The molecule has 3 rings (SSSR count). The van der Waals surface area contributed by atoms with Crippen molar-refractivity contribution in [3.63, 3.8) is 0 Å². The molecule has 124 valence electrons. The first kappa shape index (κ1) is 16.2. The lowest BCUT2D eigenvalue weighted by molar-refractivity contribution is -0.116. The number of anilines is 1. The van der Waals surface area contributed by atoms with Crippen molar-refractivity contribution in [3.05, 3.63) is 59.4 Å². The van der Waals surface area contributed by atoms with E-state index in [-0.39, 0.29) is 12.5 Å². The molecule has 5 nitrogen and oxygen atoms in total. The Kier molecular flexibility index (Phi) is 4.36. The van der Waals surface area contributed by atoms with Crippen LogP contribution in [0, 0.1) is 13.8 Å². The summed E-state index contributed by atoms with van der Waals surface area (Å²) in [7, 11) is 0. The van der Waals surface area contributed by atoms with Crippen molar-refractivity contribution < 1.29 is 9.90 Å². The second kappa shape index (κ2) is 6.45. The Hall–Kier alpha value is -2.66. The topological polar surface area (TPSA) is 67.2 Å². The first-order chi connectivity index (χ1) is 11.5. The first-order valence-corrected chi connectivity index (χ1v) is 7.96. The predicted octanol–water partition coefficient (Wildman–Crippen LogP) is 3.35. The number of amides is 1. The summed E-state index contributed by atoms with van der Waals surface area (Å²) in [5.74, 6) is 0.346. The summed E-state index contributed by atoms with van der Waals surface area (Å²) in [6.07, 6.45) is -0.744. The maximum atomic E-state index is 12.5. The van der Waals surface area contributed by atoms with E-state index in [1.54, 1.807) is 11.5 Å².